The minimum atomic E-state index is 0.306. The lowest BCUT2D eigenvalue weighted by atomic mass is 10.1. The smallest absolute Gasteiger partial charge is 0.137 e. The van der Waals surface area contributed by atoms with Crippen LogP contribution in [-0.2, 0) is 6.54 Å². The maximum atomic E-state index is 6.24. The summed E-state index contributed by atoms with van der Waals surface area (Å²) >= 11 is 6.24. The summed E-state index contributed by atoms with van der Waals surface area (Å²) in [5, 5.41) is 4.18. The Morgan fingerprint density at radius 3 is 2.57 bits per heavy atom. The molecule has 0 fully saturated rings. The second-order valence-corrected chi connectivity index (χ2v) is 5.53. The highest BCUT2D eigenvalue weighted by Crippen LogP contribution is 2.26. The van der Waals surface area contributed by atoms with Gasteiger partial charge in [-0.2, -0.15) is 0 Å². The fourth-order valence-corrected chi connectivity index (χ4v) is 2.37. The first kappa shape index (κ1) is 15.9. The Morgan fingerprint density at radius 2 is 1.90 bits per heavy atom. The summed E-state index contributed by atoms with van der Waals surface area (Å²) in [5.41, 5.74) is 2.44. The van der Waals surface area contributed by atoms with Crippen molar-refractivity contribution in [3.05, 3.63) is 64.7 Å². The summed E-state index contributed by atoms with van der Waals surface area (Å²) in [7, 11) is 0. The Morgan fingerprint density at radius 1 is 1.14 bits per heavy atom. The van der Waals surface area contributed by atoms with Crippen molar-refractivity contribution in [2.75, 3.05) is 6.61 Å². The summed E-state index contributed by atoms with van der Waals surface area (Å²) in [5.74, 6) is 0.762. The fourth-order valence-electron chi connectivity index (χ4n) is 2.11. The Balaban J connectivity index is 1.93. The summed E-state index contributed by atoms with van der Waals surface area (Å²) in [4.78, 5) is 0. The molecule has 0 spiro atoms. The van der Waals surface area contributed by atoms with Crippen LogP contribution in [0.4, 0.5) is 0 Å². The molecule has 1 atom stereocenters. The topological polar surface area (TPSA) is 21.3 Å². The third-order valence-corrected chi connectivity index (χ3v) is 3.67. The molecule has 21 heavy (non-hydrogen) atoms. The second-order valence-electron chi connectivity index (χ2n) is 5.13. The molecule has 2 rings (SSSR count). The number of hydrogen-bond donors (Lipinski definition) is 1. The summed E-state index contributed by atoms with van der Waals surface area (Å²) in [6, 6.07) is 16.7. The van der Waals surface area contributed by atoms with E-state index in [9.17, 15) is 0 Å². The fraction of sp³-hybridized carbons (Fsp3) is 0.333. The van der Waals surface area contributed by atoms with Gasteiger partial charge in [-0.3, -0.25) is 0 Å². The first-order valence-corrected chi connectivity index (χ1v) is 7.78. The molecule has 1 unspecified atom stereocenters. The van der Waals surface area contributed by atoms with Crippen LogP contribution in [0.5, 0.6) is 5.75 Å². The van der Waals surface area contributed by atoms with Gasteiger partial charge in [0.15, 0.2) is 0 Å². The number of rotatable bonds is 7. The average Bonchev–Trinajstić information content (AvgIpc) is 2.52. The van der Waals surface area contributed by atoms with Gasteiger partial charge in [0, 0.05) is 12.6 Å². The van der Waals surface area contributed by atoms with Crippen LogP contribution < -0.4 is 10.1 Å². The number of benzene rings is 2. The SMILES string of the molecule is CCCOc1ccc(CNC(C)c2ccccc2)cc1Cl. The van der Waals surface area contributed by atoms with Crippen LogP contribution in [0.1, 0.15) is 37.4 Å². The van der Waals surface area contributed by atoms with Crippen molar-refractivity contribution in [3.63, 3.8) is 0 Å². The van der Waals surface area contributed by atoms with Crippen LogP contribution in [-0.4, -0.2) is 6.61 Å². The minimum absolute atomic E-state index is 0.306. The predicted octanol–water partition coefficient (Wildman–Crippen LogP) is 4.98. The van der Waals surface area contributed by atoms with Crippen LogP contribution in [0.2, 0.25) is 5.02 Å². The molecule has 112 valence electrons. The van der Waals surface area contributed by atoms with E-state index in [0.717, 1.165) is 24.3 Å². The molecule has 0 amide bonds. The third-order valence-electron chi connectivity index (χ3n) is 3.37. The molecule has 2 aromatic rings. The standard InChI is InChI=1S/C18H22ClNO/c1-3-11-21-18-10-9-15(12-17(18)19)13-20-14(2)16-7-5-4-6-8-16/h4-10,12,14,20H,3,11,13H2,1-2H3. The summed E-state index contributed by atoms with van der Waals surface area (Å²) < 4.78 is 5.58. The van der Waals surface area contributed by atoms with Crippen LogP contribution in [0.15, 0.2) is 48.5 Å². The van der Waals surface area contributed by atoms with Crippen LogP contribution in [0, 0.1) is 0 Å². The lowest BCUT2D eigenvalue weighted by molar-refractivity contribution is 0.317. The van der Waals surface area contributed by atoms with E-state index in [1.54, 1.807) is 0 Å². The molecule has 0 aliphatic rings. The van der Waals surface area contributed by atoms with E-state index < -0.39 is 0 Å². The molecule has 0 bridgehead atoms. The number of ether oxygens (including phenoxy) is 1. The van der Waals surface area contributed by atoms with Crippen LogP contribution in [0.3, 0.4) is 0 Å². The Kier molecular flexibility index (Phi) is 6.09. The summed E-state index contributed by atoms with van der Waals surface area (Å²) in [6.45, 7) is 5.72. The van der Waals surface area contributed by atoms with Gasteiger partial charge in [0.25, 0.3) is 0 Å². The maximum Gasteiger partial charge on any atom is 0.137 e. The molecule has 0 heterocycles. The molecule has 1 N–H and O–H groups in total. The van der Waals surface area contributed by atoms with E-state index in [-0.39, 0.29) is 0 Å². The second kappa shape index (κ2) is 8.06. The minimum Gasteiger partial charge on any atom is -0.492 e. The van der Waals surface area contributed by atoms with Gasteiger partial charge >= 0.3 is 0 Å². The van der Waals surface area contributed by atoms with Crippen LogP contribution in [0.25, 0.3) is 0 Å². The molecule has 3 heteroatoms. The molecule has 0 saturated heterocycles. The van der Waals surface area contributed by atoms with E-state index in [4.69, 9.17) is 16.3 Å². The highest BCUT2D eigenvalue weighted by Gasteiger charge is 2.06. The van der Waals surface area contributed by atoms with Crippen molar-refractivity contribution in [3.8, 4) is 5.75 Å². The molecule has 0 aromatic heterocycles. The molecule has 0 aliphatic heterocycles. The Labute approximate surface area is 132 Å². The zero-order valence-corrected chi connectivity index (χ0v) is 13.4. The van der Waals surface area contributed by atoms with Gasteiger partial charge in [-0.15, -0.1) is 0 Å². The van der Waals surface area contributed by atoms with Gasteiger partial charge in [0.1, 0.15) is 5.75 Å². The van der Waals surface area contributed by atoms with E-state index in [1.165, 1.54) is 5.56 Å². The maximum absolute atomic E-state index is 6.24. The van der Waals surface area contributed by atoms with E-state index in [1.807, 2.05) is 18.2 Å². The molecule has 0 aliphatic carbocycles. The van der Waals surface area contributed by atoms with Crippen molar-refractivity contribution in [2.45, 2.75) is 32.9 Å². The molecular weight excluding hydrogens is 282 g/mol. The number of nitrogens with one attached hydrogen (secondary N) is 1. The molecular formula is C18H22ClNO. The highest BCUT2D eigenvalue weighted by molar-refractivity contribution is 6.32. The van der Waals surface area contributed by atoms with Gasteiger partial charge in [-0.25, -0.2) is 0 Å². The predicted molar refractivity (Wildman–Crippen MR) is 88.9 cm³/mol. The van der Waals surface area contributed by atoms with E-state index in [0.29, 0.717) is 17.7 Å². The number of hydrogen-bond acceptors (Lipinski definition) is 2. The van der Waals surface area contributed by atoms with Crippen molar-refractivity contribution < 1.29 is 4.74 Å². The van der Waals surface area contributed by atoms with Crippen molar-refractivity contribution in [2.24, 2.45) is 0 Å². The van der Waals surface area contributed by atoms with Crippen molar-refractivity contribution in [1.82, 2.24) is 5.32 Å². The van der Waals surface area contributed by atoms with Gasteiger partial charge in [-0.1, -0.05) is 54.9 Å². The Bertz CT molecular complexity index is 556. The lowest BCUT2D eigenvalue weighted by Crippen LogP contribution is -2.17. The molecule has 2 aromatic carbocycles. The highest BCUT2D eigenvalue weighted by atomic mass is 35.5. The normalized spacial score (nSPS) is 12.1. The van der Waals surface area contributed by atoms with Gasteiger partial charge < -0.3 is 10.1 Å². The quantitative estimate of drug-likeness (QED) is 0.779. The van der Waals surface area contributed by atoms with Crippen molar-refractivity contribution in [1.29, 1.82) is 0 Å². The Hall–Kier alpha value is -1.51. The van der Waals surface area contributed by atoms with Crippen LogP contribution >= 0.6 is 11.6 Å². The largest absolute Gasteiger partial charge is 0.492 e. The van der Waals surface area contributed by atoms with Gasteiger partial charge in [-0.05, 0) is 36.6 Å². The zero-order chi connectivity index (χ0) is 15.1. The van der Waals surface area contributed by atoms with Gasteiger partial charge in [0.2, 0.25) is 0 Å². The molecule has 0 saturated carbocycles. The monoisotopic (exact) mass is 303 g/mol. The third kappa shape index (κ3) is 4.76. The first-order valence-electron chi connectivity index (χ1n) is 7.40. The van der Waals surface area contributed by atoms with Gasteiger partial charge in [0.05, 0.1) is 11.6 Å². The lowest BCUT2D eigenvalue weighted by Gasteiger charge is -2.15. The molecule has 0 radical (unpaired) electrons. The number of halogens is 1. The average molecular weight is 304 g/mol. The zero-order valence-electron chi connectivity index (χ0n) is 12.6. The molecule has 2 nitrogen and oxygen atoms in total. The van der Waals surface area contributed by atoms with E-state index in [2.05, 4.69) is 49.5 Å². The summed E-state index contributed by atoms with van der Waals surface area (Å²) in [6.07, 6.45) is 0.980. The van der Waals surface area contributed by atoms with Crippen molar-refractivity contribution >= 4 is 11.6 Å². The van der Waals surface area contributed by atoms with E-state index >= 15 is 0 Å². The first-order chi connectivity index (χ1) is 10.2.